The first-order valence-corrected chi connectivity index (χ1v) is 7.28. The monoisotopic (exact) mass is 354 g/mol. The Morgan fingerprint density at radius 3 is 2.71 bits per heavy atom. The average Bonchev–Trinajstić information content (AvgIpc) is 2.85. The van der Waals surface area contributed by atoms with E-state index in [1.807, 2.05) is 0 Å². The van der Waals surface area contributed by atoms with Gasteiger partial charge in [-0.2, -0.15) is 0 Å². The van der Waals surface area contributed by atoms with Crippen LogP contribution < -0.4 is 5.32 Å². The smallest absolute Gasteiger partial charge is 0.337 e. The molecule has 128 valence electrons. The first-order chi connectivity index (χ1) is 11.4. The highest BCUT2D eigenvalue weighted by Crippen LogP contribution is 2.25. The molecule has 0 unspecified atom stereocenters. The van der Waals surface area contributed by atoms with Crippen molar-refractivity contribution in [1.82, 2.24) is 4.90 Å². The summed E-state index contributed by atoms with van der Waals surface area (Å²) in [6.45, 7) is -0.198. The molecule has 1 heterocycles. The number of halogens is 1. The topological polar surface area (TPSA) is 116 Å². The normalized spacial score (nSPS) is 14.1. The molecule has 1 aliphatic rings. The van der Waals surface area contributed by atoms with Crippen molar-refractivity contribution in [2.45, 2.75) is 0 Å². The molecule has 8 nitrogen and oxygen atoms in total. The quantitative estimate of drug-likeness (QED) is 0.644. The fourth-order valence-corrected chi connectivity index (χ4v) is 2.46. The van der Waals surface area contributed by atoms with Crippen molar-refractivity contribution in [2.75, 3.05) is 32.1 Å². The number of carbonyl (C=O) groups is 3. The van der Waals surface area contributed by atoms with E-state index in [0.717, 1.165) is 0 Å². The Kier molecular flexibility index (Phi) is 5.42. The second kappa shape index (κ2) is 7.33. The number of benzene rings is 1. The highest BCUT2D eigenvalue weighted by atomic mass is 35.5. The maximum atomic E-state index is 12.4. The van der Waals surface area contributed by atoms with Crippen LogP contribution in [0, 0.1) is 0 Å². The minimum Gasteiger partial charge on any atom is -0.478 e. The van der Waals surface area contributed by atoms with Gasteiger partial charge in [-0.3, -0.25) is 4.79 Å². The van der Waals surface area contributed by atoms with E-state index < -0.39 is 17.8 Å². The second-order valence-corrected chi connectivity index (χ2v) is 5.33. The summed E-state index contributed by atoms with van der Waals surface area (Å²) in [4.78, 5) is 36.6. The maximum Gasteiger partial charge on any atom is 0.337 e. The number of aliphatic hydroxyl groups is 1. The number of carboxylic acid groups (broad SMARTS) is 1. The Labute approximate surface area is 142 Å². The zero-order valence-electron chi connectivity index (χ0n) is 12.7. The van der Waals surface area contributed by atoms with E-state index >= 15 is 0 Å². The number of hydrogen-bond donors (Lipinski definition) is 3. The van der Waals surface area contributed by atoms with Crippen LogP contribution in [0.25, 0.3) is 0 Å². The summed E-state index contributed by atoms with van der Waals surface area (Å²) >= 11 is 5.80. The number of amides is 1. The summed E-state index contributed by atoms with van der Waals surface area (Å²) in [5.41, 5.74) is 0.226. The molecule has 0 saturated carbocycles. The van der Waals surface area contributed by atoms with E-state index in [-0.39, 0.29) is 47.2 Å². The van der Waals surface area contributed by atoms with Gasteiger partial charge in [-0.25, -0.2) is 9.59 Å². The number of aliphatic hydroxyl groups excluding tert-OH is 1. The lowest BCUT2D eigenvalue weighted by molar-refractivity contribution is -0.136. The molecule has 0 radical (unpaired) electrons. The molecule has 3 N–H and O–H groups in total. The summed E-state index contributed by atoms with van der Waals surface area (Å²) in [5, 5.41) is 20.9. The van der Waals surface area contributed by atoms with Gasteiger partial charge in [-0.15, -0.1) is 0 Å². The zero-order chi connectivity index (χ0) is 17.9. The van der Waals surface area contributed by atoms with Gasteiger partial charge in [0.1, 0.15) is 5.70 Å². The van der Waals surface area contributed by atoms with Gasteiger partial charge >= 0.3 is 11.9 Å². The Morgan fingerprint density at radius 2 is 2.12 bits per heavy atom. The van der Waals surface area contributed by atoms with Crippen molar-refractivity contribution in [3.63, 3.8) is 0 Å². The molecular weight excluding hydrogens is 340 g/mol. The van der Waals surface area contributed by atoms with Crippen LogP contribution in [-0.2, 0) is 14.3 Å². The van der Waals surface area contributed by atoms with Gasteiger partial charge in [-0.1, -0.05) is 11.6 Å². The molecule has 0 aromatic heterocycles. The van der Waals surface area contributed by atoms with Crippen molar-refractivity contribution in [3.05, 3.63) is 40.1 Å². The van der Waals surface area contributed by atoms with Crippen LogP contribution in [0.2, 0.25) is 5.02 Å². The molecule has 0 saturated heterocycles. The largest absolute Gasteiger partial charge is 0.478 e. The van der Waals surface area contributed by atoms with E-state index in [4.69, 9.17) is 21.8 Å². The van der Waals surface area contributed by atoms with Crippen molar-refractivity contribution >= 4 is 35.1 Å². The number of carboxylic acids is 1. The van der Waals surface area contributed by atoms with E-state index in [1.54, 1.807) is 0 Å². The van der Waals surface area contributed by atoms with E-state index in [1.165, 1.54) is 30.2 Å². The molecule has 2 rings (SSSR count). The fourth-order valence-electron chi connectivity index (χ4n) is 2.26. The molecule has 0 fully saturated rings. The first-order valence-electron chi connectivity index (χ1n) is 6.90. The summed E-state index contributed by atoms with van der Waals surface area (Å²) in [7, 11) is 1.19. The Hall–Kier alpha value is -2.58. The van der Waals surface area contributed by atoms with Crippen LogP contribution in [0.15, 0.2) is 29.5 Å². The molecule has 0 bridgehead atoms. The third-order valence-corrected chi connectivity index (χ3v) is 3.75. The number of anilines is 1. The third-order valence-electron chi connectivity index (χ3n) is 3.42. The van der Waals surface area contributed by atoms with Crippen LogP contribution in [0.5, 0.6) is 0 Å². The maximum absolute atomic E-state index is 12.4. The minimum atomic E-state index is -1.22. The lowest BCUT2D eigenvalue weighted by Crippen LogP contribution is -2.31. The number of esters is 1. The zero-order valence-corrected chi connectivity index (χ0v) is 13.5. The highest BCUT2D eigenvalue weighted by Gasteiger charge is 2.34. The Bertz CT molecular complexity index is 731. The highest BCUT2D eigenvalue weighted by molar-refractivity contribution is 6.33. The molecule has 0 aliphatic carbocycles. The summed E-state index contributed by atoms with van der Waals surface area (Å²) in [6, 6.07) is 4.11. The third kappa shape index (κ3) is 3.50. The van der Waals surface area contributed by atoms with E-state index in [9.17, 15) is 14.4 Å². The molecule has 9 heteroatoms. The lowest BCUT2D eigenvalue weighted by atomic mass is 10.2. The summed E-state index contributed by atoms with van der Waals surface area (Å²) < 4.78 is 4.66. The Balaban J connectivity index is 2.37. The van der Waals surface area contributed by atoms with Crippen molar-refractivity contribution < 1.29 is 29.3 Å². The number of rotatable bonds is 6. The van der Waals surface area contributed by atoms with Crippen LogP contribution in [0.3, 0.4) is 0 Å². The van der Waals surface area contributed by atoms with Crippen LogP contribution >= 0.6 is 11.6 Å². The van der Waals surface area contributed by atoms with Crippen LogP contribution in [0.4, 0.5) is 5.69 Å². The van der Waals surface area contributed by atoms with Crippen molar-refractivity contribution in [2.24, 2.45) is 0 Å². The molecule has 24 heavy (non-hydrogen) atoms. The van der Waals surface area contributed by atoms with Crippen LogP contribution in [-0.4, -0.2) is 59.8 Å². The Morgan fingerprint density at radius 1 is 1.42 bits per heavy atom. The standard InChI is InChI=1S/C15H15ClN2O6/c1-24-15(23)10-7-18(4-5-19)13(20)12(10)17-8-2-3-11(16)9(6-8)14(21)22/h2-3,6,17,19H,4-5,7H2,1H3,(H,21,22). The number of hydrogen-bond acceptors (Lipinski definition) is 6. The molecule has 1 aliphatic heterocycles. The molecule has 0 atom stereocenters. The first kappa shape index (κ1) is 17.8. The predicted octanol–water partition coefficient (Wildman–Crippen LogP) is 0.712. The average molecular weight is 355 g/mol. The van der Waals surface area contributed by atoms with E-state index in [0.29, 0.717) is 0 Å². The molecule has 1 aromatic rings. The number of nitrogens with one attached hydrogen (secondary N) is 1. The van der Waals surface area contributed by atoms with Gasteiger partial charge in [0.25, 0.3) is 5.91 Å². The molecule has 1 amide bonds. The van der Waals surface area contributed by atoms with Gasteiger partial charge in [0.2, 0.25) is 0 Å². The summed E-state index contributed by atoms with van der Waals surface area (Å²) in [6.07, 6.45) is 0. The van der Waals surface area contributed by atoms with E-state index in [2.05, 4.69) is 10.1 Å². The lowest BCUT2D eigenvalue weighted by Gasteiger charge is -2.15. The van der Waals surface area contributed by atoms with Crippen LogP contribution in [0.1, 0.15) is 10.4 Å². The molecule has 1 aromatic carbocycles. The van der Waals surface area contributed by atoms with Gasteiger partial charge in [0.05, 0.1) is 36.4 Å². The molecular formula is C15H15ClN2O6. The number of β-amino-alcohol motifs (C(OH)–C–C–N with tert-alkyl or cyclic N) is 1. The second-order valence-electron chi connectivity index (χ2n) is 4.92. The predicted molar refractivity (Wildman–Crippen MR) is 84.7 cm³/mol. The van der Waals surface area contributed by atoms with Gasteiger partial charge in [0.15, 0.2) is 0 Å². The summed E-state index contributed by atoms with van der Waals surface area (Å²) in [5.74, 6) is -2.39. The van der Waals surface area contributed by atoms with Gasteiger partial charge in [-0.05, 0) is 18.2 Å². The number of ether oxygens (including phenoxy) is 1. The van der Waals surface area contributed by atoms with Crippen molar-refractivity contribution in [3.8, 4) is 0 Å². The molecule has 0 spiro atoms. The SMILES string of the molecule is COC(=O)C1=C(Nc2ccc(Cl)c(C(=O)O)c2)C(=O)N(CCO)C1. The number of carbonyl (C=O) groups excluding carboxylic acids is 2. The van der Waals surface area contributed by atoms with Gasteiger partial charge in [0, 0.05) is 12.2 Å². The van der Waals surface area contributed by atoms with Gasteiger partial charge < -0.3 is 25.2 Å². The van der Waals surface area contributed by atoms with Crippen molar-refractivity contribution in [1.29, 1.82) is 0 Å². The number of methoxy groups -OCH3 is 1. The number of nitrogens with zero attached hydrogens (tertiary/aromatic N) is 1. The minimum absolute atomic E-state index is 0.00617. The number of aromatic carboxylic acids is 1. The fraction of sp³-hybridized carbons (Fsp3) is 0.267.